The van der Waals surface area contributed by atoms with Crippen LogP contribution >= 0.6 is 24.4 Å². The van der Waals surface area contributed by atoms with E-state index < -0.39 is 0 Å². The fourth-order valence-corrected chi connectivity index (χ4v) is 3.54. The first-order chi connectivity index (χ1) is 13.2. The maximum absolute atomic E-state index is 5.71. The molecule has 2 aliphatic rings. The maximum Gasteiger partial charge on any atom is 0.206 e. The molecule has 0 aromatic heterocycles. The van der Waals surface area contributed by atoms with Gasteiger partial charge in [0, 0.05) is 23.3 Å². The van der Waals surface area contributed by atoms with Crippen LogP contribution in [-0.2, 0) is 4.74 Å². The Balaban J connectivity index is 0.00000225. The Kier molecular flexibility index (Phi) is 6.34. The highest BCUT2D eigenvalue weighted by atomic mass is 35.5. The average Bonchev–Trinajstić information content (AvgIpc) is 2.69. The largest absolute Gasteiger partial charge is 0.460 e. The number of hydrogen-bond donors (Lipinski definition) is 3. The number of hydrogen-bond acceptors (Lipinski definition) is 6. The van der Waals surface area contributed by atoms with E-state index in [9.17, 15) is 0 Å². The molecule has 2 aliphatic heterocycles. The third kappa shape index (κ3) is 4.35. The summed E-state index contributed by atoms with van der Waals surface area (Å²) in [6.07, 6.45) is 5.49. The zero-order valence-corrected chi connectivity index (χ0v) is 17.2. The minimum absolute atomic E-state index is 0. The molecule has 0 radical (unpaired) electrons. The van der Waals surface area contributed by atoms with Gasteiger partial charge in [-0.05, 0) is 49.3 Å². The highest BCUT2D eigenvalue weighted by Gasteiger charge is 2.23. The number of fused-ring (bicyclic) bond motifs is 1. The van der Waals surface area contributed by atoms with Crippen LogP contribution in [0.2, 0.25) is 0 Å². The summed E-state index contributed by atoms with van der Waals surface area (Å²) in [4.78, 5) is 4.72. The van der Waals surface area contributed by atoms with Crippen molar-refractivity contribution in [3.05, 3.63) is 94.6 Å². The predicted octanol–water partition coefficient (Wildman–Crippen LogP) is 5.45. The van der Waals surface area contributed by atoms with Crippen molar-refractivity contribution in [2.24, 2.45) is 4.99 Å². The van der Waals surface area contributed by atoms with Gasteiger partial charge in [-0.2, -0.15) is 0 Å². The van der Waals surface area contributed by atoms with Crippen LogP contribution in [0.4, 0.5) is 11.4 Å². The van der Waals surface area contributed by atoms with Gasteiger partial charge in [0.05, 0.1) is 12.0 Å². The van der Waals surface area contributed by atoms with E-state index in [2.05, 4.69) is 41.3 Å². The van der Waals surface area contributed by atoms with E-state index in [0.717, 1.165) is 27.7 Å². The quantitative estimate of drug-likeness (QED) is 0.582. The second-order valence-electron chi connectivity index (χ2n) is 6.21. The second kappa shape index (κ2) is 8.91. The number of para-hydroxylation sites is 2. The molecule has 3 N–H and O–H groups in total. The lowest BCUT2D eigenvalue weighted by molar-refractivity contribution is 0.349. The van der Waals surface area contributed by atoms with Gasteiger partial charge in [0.1, 0.15) is 0 Å². The van der Waals surface area contributed by atoms with E-state index in [4.69, 9.17) is 9.73 Å². The smallest absolute Gasteiger partial charge is 0.206 e. The molecule has 7 heteroatoms. The van der Waals surface area contributed by atoms with Crippen LogP contribution < -0.4 is 15.4 Å². The number of aryl methyl sites for hydroxylation is 2. The SMILES string of the molecule is Cc1ccccc1NSC1=C2OC=CC=C2NC(Nc2ccccc2C)=N1.Cl. The van der Waals surface area contributed by atoms with Crippen LogP contribution in [0.5, 0.6) is 0 Å². The summed E-state index contributed by atoms with van der Waals surface area (Å²) in [5.41, 5.74) is 5.26. The number of nitrogens with one attached hydrogen (secondary N) is 3. The van der Waals surface area contributed by atoms with Gasteiger partial charge in [-0.15, -0.1) is 12.4 Å². The number of guanidine groups is 1. The van der Waals surface area contributed by atoms with E-state index >= 15 is 0 Å². The van der Waals surface area contributed by atoms with Crippen molar-refractivity contribution in [2.75, 3.05) is 10.0 Å². The highest BCUT2D eigenvalue weighted by Crippen LogP contribution is 2.32. The van der Waals surface area contributed by atoms with Crippen LogP contribution in [0, 0.1) is 13.8 Å². The van der Waals surface area contributed by atoms with Gasteiger partial charge in [0.2, 0.25) is 5.96 Å². The molecule has 2 aromatic rings. The molecule has 28 heavy (non-hydrogen) atoms. The molecule has 4 rings (SSSR count). The summed E-state index contributed by atoms with van der Waals surface area (Å²) < 4.78 is 9.08. The monoisotopic (exact) mass is 412 g/mol. The molecule has 0 saturated heterocycles. The Morgan fingerprint density at radius 1 is 0.964 bits per heavy atom. The lowest BCUT2D eigenvalue weighted by Gasteiger charge is -2.24. The summed E-state index contributed by atoms with van der Waals surface area (Å²) in [6, 6.07) is 16.3. The number of rotatable bonds is 4. The molecule has 0 fully saturated rings. The molecule has 0 atom stereocenters. The van der Waals surface area contributed by atoms with E-state index in [1.807, 2.05) is 48.6 Å². The first-order valence-electron chi connectivity index (χ1n) is 8.66. The first kappa shape index (κ1) is 19.9. The second-order valence-corrected chi connectivity index (χ2v) is 7.00. The molecule has 0 unspecified atom stereocenters. The van der Waals surface area contributed by atoms with Crippen molar-refractivity contribution in [1.29, 1.82) is 0 Å². The Morgan fingerprint density at radius 2 is 1.64 bits per heavy atom. The van der Waals surface area contributed by atoms with Crippen LogP contribution in [0.1, 0.15) is 11.1 Å². The Hall–Kier alpha value is -2.83. The molecule has 0 amide bonds. The van der Waals surface area contributed by atoms with Gasteiger partial charge in [0.15, 0.2) is 10.8 Å². The molecule has 0 bridgehead atoms. The average molecular weight is 413 g/mol. The summed E-state index contributed by atoms with van der Waals surface area (Å²) in [6.45, 7) is 4.14. The van der Waals surface area contributed by atoms with Crippen LogP contribution in [-0.4, -0.2) is 5.96 Å². The van der Waals surface area contributed by atoms with Crippen molar-refractivity contribution in [1.82, 2.24) is 5.32 Å². The third-order valence-electron chi connectivity index (χ3n) is 4.23. The number of halogens is 1. The Labute approximate surface area is 175 Å². The molecule has 0 spiro atoms. The van der Waals surface area contributed by atoms with E-state index in [1.54, 1.807) is 6.26 Å². The fraction of sp³-hybridized carbons (Fsp3) is 0.0952. The van der Waals surface area contributed by atoms with Gasteiger partial charge in [-0.3, -0.25) is 0 Å². The molecule has 2 aromatic carbocycles. The Morgan fingerprint density at radius 3 is 2.36 bits per heavy atom. The number of aliphatic imine (C=N–C) groups is 1. The summed E-state index contributed by atoms with van der Waals surface area (Å²) in [5, 5.41) is 7.41. The van der Waals surface area contributed by atoms with Crippen molar-refractivity contribution in [3.63, 3.8) is 0 Å². The summed E-state index contributed by atoms with van der Waals surface area (Å²) >= 11 is 1.43. The molecule has 0 aliphatic carbocycles. The standard InChI is InChI=1S/C21H20N4OS.ClH/c1-14-8-3-5-10-16(14)22-21-23-18-12-7-13-26-19(18)20(24-21)27-25-17-11-6-4-9-15(17)2;/h3-13,25H,1-2H3,(H2,22,23,24);1H. The van der Waals surface area contributed by atoms with Gasteiger partial charge in [-0.1, -0.05) is 36.4 Å². The minimum Gasteiger partial charge on any atom is -0.460 e. The number of nitrogens with zero attached hydrogens (tertiary/aromatic N) is 1. The molecular weight excluding hydrogens is 392 g/mol. The van der Waals surface area contributed by atoms with Gasteiger partial charge < -0.3 is 20.1 Å². The molecule has 5 nitrogen and oxygen atoms in total. The van der Waals surface area contributed by atoms with Gasteiger partial charge in [-0.25, -0.2) is 4.99 Å². The lowest BCUT2D eigenvalue weighted by atomic mass is 10.2. The molecular formula is C21H21ClN4OS. The number of anilines is 2. The lowest BCUT2D eigenvalue weighted by Crippen LogP contribution is -2.34. The highest BCUT2D eigenvalue weighted by molar-refractivity contribution is 8.04. The molecule has 144 valence electrons. The summed E-state index contributed by atoms with van der Waals surface area (Å²) in [7, 11) is 0. The Bertz CT molecular complexity index is 997. The normalized spacial score (nSPS) is 14.6. The predicted molar refractivity (Wildman–Crippen MR) is 120 cm³/mol. The third-order valence-corrected chi connectivity index (χ3v) is 5.03. The van der Waals surface area contributed by atoms with Crippen molar-refractivity contribution >= 4 is 41.7 Å². The van der Waals surface area contributed by atoms with E-state index in [1.165, 1.54) is 17.5 Å². The van der Waals surface area contributed by atoms with Crippen LogP contribution in [0.15, 0.2) is 88.4 Å². The van der Waals surface area contributed by atoms with Gasteiger partial charge in [0.25, 0.3) is 0 Å². The van der Waals surface area contributed by atoms with E-state index in [0.29, 0.717) is 11.7 Å². The van der Waals surface area contributed by atoms with Crippen LogP contribution in [0.25, 0.3) is 0 Å². The molecule has 0 saturated carbocycles. The fourth-order valence-electron chi connectivity index (χ4n) is 2.71. The first-order valence-corrected chi connectivity index (χ1v) is 9.47. The minimum atomic E-state index is 0. The number of benzene rings is 2. The van der Waals surface area contributed by atoms with Crippen molar-refractivity contribution in [2.45, 2.75) is 13.8 Å². The van der Waals surface area contributed by atoms with E-state index in [-0.39, 0.29) is 12.4 Å². The number of ether oxygens (including phenoxy) is 1. The number of allylic oxidation sites excluding steroid dienone is 2. The maximum atomic E-state index is 5.71. The van der Waals surface area contributed by atoms with Crippen LogP contribution in [0.3, 0.4) is 0 Å². The van der Waals surface area contributed by atoms with Crippen molar-refractivity contribution < 1.29 is 4.74 Å². The zero-order chi connectivity index (χ0) is 18.6. The molecule has 2 heterocycles. The zero-order valence-electron chi connectivity index (χ0n) is 15.5. The summed E-state index contributed by atoms with van der Waals surface area (Å²) in [5.74, 6) is 1.37. The topological polar surface area (TPSA) is 57.7 Å². The van der Waals surface area contributed by atoms with Gasteiger partial charge >= 0.3 is 0 Å². The van der Waals surface area contributed by atoms with Crippen molar-refractivity contribution in [3.8, 4) is 0 Å².